The maximum Gasteiger partial charge on any atom is 0.238 e. The van der Waals surface area contributed by atoms with Crippen LogP contribution in [-0.4, -0.2) is 12.5 Å². The lowest BCUT2D eigenvalue weighted by Gasteiger charge is -2.06. The van der Waals surface area contributed by atoms with Crippen molar-refractivity contribution in [3.05, 3.63) is 66.0 Å². The molecule has 0 aliphatic carbocycles. The van der Waals surface area contributed by atoms with Gasteiger partial charge in [0.05, 0.1) is 6.54 Å². The van der Waals surface area contributed by atoms with Gasteiger partial charge < -0.3 is 10.6 Å². The van der Waals surface area contributed by atoms with E-state index in [1.165, 1.54) is 12.1 Å². The second-order valence-electron chi connectivity index (χ2n) is 4.15. The van der Waals surface area contributed by atoms with Gasteiger partial charge in [-0.2, -0.15) is 0 Å². The summed E-state index contributed by atoms with van der Waals surface area (Å²) < 4.78 is 12.9. The monoisotopic (exact) mass is 258 g/mol. The second kappa shape index (κ2) is 6.66. The molecular weight excluding hydrogens is 243 g/mol. The Morgan fingerprint density at radius 2 is 1.84 bits per heavy atom. The van der Waals surface area contributed by atoms with Gasteiger partial charge in [-0.05, 0) is 29.8 Å². The number of halogens is 1. The van der Waals surface area contributed by atoms with E-state index in [9.17, 15) is 9.18 Å². The van der Waals surface area contributed by atoms with E-state index < -0.39 is 0 Å². The summed E-state index contributed by atoms with van der Waals surface area (Å²) in [4.78, 5) is 11.6. The van der Waals surface area contributed by atoms with Gasteiger partial charge in [0.25, 0.3) is 0 Å². The van der Waals surface area contributed by atoms with E-state index in [2.05, 4.69) is 10.6 Å². The van der Waals surface area contributed by atoms with Crippen molar-refractivity contribution in [1.82, 2.24) is 5.32 Å². The molecule has 0 aromatic heterocycles. The quantitative estimate of drug-likeness (QED) is 0.865. The number of carbonyl (C=O) groups excluding carboxylic acids is 1. The zero-order valence-corrected chi connectivity index (χ0v) is 10.4. The SMILES string of the molecule is O=C(CNCc1cccc(F)c1)Nc1ccccc1. The van der Waals surface area contributed by atoms with Gasteiger partial charge in [-0.3, -0.25) is 4.79 Å². The molecule has 0 saturated carbocycles. The molecule has 3 nitrogen and oxygen atoms in total. The molecule has 0 aliphatic heterocycles. The predicted octanol–water partition coefficient (Wildman–Crippen LogP) is 2.55. The Kier molecular flexibility index (Phi) is 4.64. The van der Waals surface area contributed by atoms with E-state index in [0.29, 0.717) is 6.54 Å². The van der Waals surface area contributed by atoms with Crippen LogP contribution in [0.4, 0.5) is 10.1 Å². The van der Waals surface area contributed by atoms with Crippen molar-refractivity contribution in [2.24, 2.45) is 0 Å². The summed E-state index contributed by atoms with van der Waals surface area (Å²) in [5, 5.41) is 5.73. The Morgan fingerprint density at radius 3 is 2.58 bits per heavy atom. The fourth-order valence-electron chi connectivity index (χ4n) is 1.69. The molecule has 0 fully saturated rings. The number of hydrogen-bond donors (Lipinski definition) is 2. The van der Waals surface area contributed by atoms with Gasteiger partial charge in [0.1, 0.15) is 5.82 Å². The normalized spacial score (nSPS) is 10.2. The zero-order valence-electron chi connectivity index (χ0n) is 10.4. The van der Waals surface area contributed by atoms with Gasteiger partial charge >= 0.3 is 0 Å². The highest BCUT2D eigenvalue weighted by atomic mass is 19.1. The molecule has 0 heterocycles. The van der Waals surface area contributed by atoms with E-state index >= 15 is 0 Å². The minimum atomic E-state index is -0.270. The maximum atomic E-state index is 12.9. The van der Waals surface area contributed by atoms with Crippen molar-refractivity contribution >= 4 is 11.6 Å². The summed E-state index contributed by atoms with van der Waals surface area (Å²) in [5.41, 5.74) is 1.58. The molecule has 2 aromatic carbocycles. The third-order valence-electron chi connectivity index (χ3n) is 2.56. The average Bonchev–Trinajstić information content (AvgIpc) is 2.40. The highest BCUT2D eigenvalue weighted by molar-refractivity contribution is 5.92. The van der Waals surface area contributed by atoms with Crippen LogP contribution in [0.3, 0.4) is 0 Å². The first-order chi connectivity index (χ1) is 9.24. The predicted molar refractivity (Wildman–Crippen MR) is 73.2 cm³/mol. The lowest BCUT2D eigenvalue weighted by Crippen LogP contribution is -2.27. The Bertz CT molecular complexity index is 543. The van der Waals surface area contributed by atoms with Crippen LogP contribution in [-0.2, 0) is 11.3 Å². The van der Waals surface area contributed by atoms with Gasteiger partial charge in [0.15, 0.2) is 0 Å². The molecule has 0 radical (unpaired) electrons. The van der Waals surface area contributed by atoms with E-state index in [1.54, 1.807) is 6.07 Å². The Morgan fingerprint density at radius 1 is 1.05 bits per heavy atom. The summed E-state index contributed by atoms with van der Waals surface area (Å²) in [7, 11) is 0. The van der Waals surface area contributed by atoms with Crippen molar-refractivity contribution in [3.8, 4) is 0 Å². The lowest BCUT2D eigenvalue weighted by atomic mass is 10.2. The van der Waals surface area contributed by atoms with Crippen LogP contribution in [0.2, 0.25) is 0 Å². The van der Waals surface area contributed by atoms with Crippen molar-refractivity contribution in [1.29, 1.82) is 0 Å². The number of anilines is 1. The molecule has 0 spiro atoms. The third-order valence-corrected chi connectivity index (χ3v) is 2.56. The number of para-hydroxylation sites is 1. The van der Waals surface area contributed by atoms with Crippen LogP contribution in [0.5, 0.6) is 0 Å². The molecule has 0 atom stereocenters. The molecule has 2 aromatic rings. The molecule has 4 heteroatoms. The van der Waals surface area contributed by atoms with Crippen LogP contribution in [0.25, 0.3) is 0 Å². The molecule has 98 valence electrons. The molecule has 2 N–H and O–H groups in total. The topological polar surface area (TPSA) is 41.1 Å². The summed E-state index contributed by atoms with van der Waals surface area (Å²) in [6.07, 6.45) is 0. The molecule has 0 unspecified atom stereocenters. The summed E-state index contributed by atoms with van der Waals surface area (Å²) in [5.74, 6) is -0.393. The first-order valence-corrected chi connectivity index (χ1v) is 6.04. The number of benzene rings is 2. The maximum absolute atomic E-state index is 12.9. The second-order valence-corrected chi connectivity index (χ2v) is 4.15. The first-order valence-electron chi connectivity index (χ1n) is 6.04. The van der Waals surface area contributed by atoms with Crippen molar-refractivity contribution in [2.45, 2.75) is 6.54 Å². The summed E-state index contributed by atoms with van der Waals surface area (Å²) >= 11 is 0. The molecular formula is C15H15FN2O. The zero-order chi connectivity index (χ0) is 13.5. The Hall–Kier alpha value is -2.20. The minimum Gasteiger partial charge on any atom is -0.325 e. The Labute approximate surface area is 111 Å². The highest BCUT2D eigenvalue weighted by Gasteiger charge is 2.01. The van der Waals surface area contributed by atoms with E-state index in [-0.39, 0.29) is 18.3 Å². The van der Waals surface area contributed by atoms with Gasteiger partial charge in [-0.1, -0.05) is 30.3 Å². The number of hydrogen-bond acceptors (Lipinski definition) is 2. The molecule has 0 aliphatic rings. The van der Waals surface area contributed by atoms with Crippen LogP contribution < -0.4 is 10.6 Å². The van der Waals surface area contributed by atoms with Gasteiger partial charge in [-0.25, -0.2) is 4.39 Å². The van der Waals surface area contributed by atoms with E-state index in [4.69, 9.17) is 0 Å². The summed E-state index contributed by atoms with van der Waals surface area (Å²) in [6.45, 7) is 0.644. The van der Waals surface area contributed by atoms with Gasteiger partial charge in [0.2, 0.25) is 5.91 Å². The van der Waals surface area contributed by atoms with Gasteiger partial charge in [-0.15, -0.1) is 0 Å². The smallest absolute Gasteiger partial charge is 0.238 e. The highest BCUT2D eigenvalue weighted by Crippen LogP contribution is 2.05. The summed E-state index contributed by atoms with van der Waals surface area (Å²) in [6, 6.07) is 15.5. The largest absolute Gasteiger partial charge is 0.325 e. The Balaban J connectivity index is 1.75. The fourth-order valence-corrected chi connectivity index (χ4v) is 1.69. The van der Waals surface area contributed by atoms with Crippen molar-refractivity contribution < 1.29 is 9.18 Å². The molecule has 19 heavy (non-hydrogen) atoms. The van der Waals surface area contributed by atoms with Crippen LogP contribution in [0.1, 0.15) is 5.56 Å². The fraction of sp³-hybridized carbons (Fsp3) is 0.133. The molecule has 2 rings (SSSR count). The van der Waals surface area contributed by atoms with Crippen LogP contribution in [0, 0.1) is 5.82 Å². The van der Waals surface area contributed by atoms with Crippen LogP contribution in [0.15, 0.2) is 54.6 Å². The third kappa shape index (κ3) is 4.52. The average molecular weight is 258 g/mol. The standard InChI is InChI=1S/C15H15FN2O/c16-13-6-4-5-12(9-13)10-17-11-15(19)18-14-7-2-1-3-8-14/h1-9,17H,10-11H2,(H,18,19). The van der Waals surface area contributed by atoms with E-state index in [1.807, 2.05) is 36.4 Å². The number of carbonyl (C=O) groups is 1. The van der Waals surface area contributed by atoms with E-state index in [0.717, 1.165) is 11.3 Å². The van der Waals surface area contributed by atoms with Gasteiger partial charge in [0, 0.05) is 12.2 Å². The number of rotatable bonds is 5. The molecule has 0 saturated heterocycles. The molecule has 1 amide bonds. The minimum absolute atomic E-state index is 0.123. The first kappa shape index (κ1) is 13.2. The molecule has 0 bridgehead atoms. The van der Waals surface area contributed by atoms with Crippen molar-refractivity contribution in [2.75, 3.05) is 11.9 Å². The van der Waals surface area contributed by atoms with Crippen molar-refractivity contribution in [3.63, 3.8) is 0 Å². The number of amides is 1. The lowest BCUT2D eigenvalue weighted by molar-refractivity contribution is -0.115. The van der Waals surface area contributed by atoms with Crippen LogP contribution >= 0.6 is 0 Å². The number of nitrogens with one attached hydrogen (secondary N) is 2.